The largest absolute Gasteiger partial charge is 0.384 e. The predicted molar refractivity (Wildman–Crippen MR) is 76.8 cm³/mol. The molecule has 0 saturated heterocycles. The molecule has 2 aromatic heterocycles. The van der Waals surface area contributed by atoms with Gasteiger partial charge >= 0.3 is 0 Å². The molecule has 0 amide bonds. The summed E-state index contributed by atoms with van der Waals surface area (Å²) in [6, 6.07) is 1.71. The molecule has 6 heteroatoms. The van der Waals surface area contributed by atoms with Gasteiger partial charge in [0.25, 0.3) is 0 Å². The van der Waals surface area contributed by atoms with E-state index in [1.165, 1.54) is 12.2 Å². The van der Waals surface area contributed by atoms with E-state index in [0.29, 0.717) is 11.7 Å². The van der Waals surface area contributed by atoms with E-state index in [0.717, 1.165) is 31.9 Å². The second-order valence-electron chi connectivity index (χ2n) is 5.50. The fourth-order valence-corrected chi connectivity index (χ4v) is 2.82. The van der Waals surface area contributed by atoms with Crippen LogP contribution in [0.3, 0.4) is 0 Å². The molecule has 2 N–H and O–H groups in total. The molecule has 20 heavy (non-hydrogen) atoms. The van der Waals surface area contributed by atoms with Crippen molar-refractivity contribution >= 4 is 5.82 Å². The summed E-state index contributed by atoms with van der Waals surface area (Å²) in [5.41, 5.74) is 5.68. The molecule has 0 aromatic carbocycles. The number of aromatic nitrogens is 4. The predicted octanol–water partition coefficient (Wildman–Crippen LogP) is 0.950. The maximum Gasteiger partial charge on any atom is 0.144 e. The van der Waals surface area contributed by atoms with Gasteiger partial charge in [-0.25, -0.2) is 15.0 Å². The fourth-order valence-electron chi connectivity index (χ4n) is 2.82. The maximum absolute atomic E-state index is 5.68. The minimum atomic E-state index is 0.532. The van der Waals surface area contributed by atoms with Crippen LogP contribution in [0, 0.1) is 5.92 Å². The lowest BCUT2D eigenvalue weighted by Crippen LogP contribution is -2.31. The summed E-state index contributed by atoms with van der Waals surface area (Å²) in [6.07, 6.45) is 7.94. The highest BCUT2D eigenvalue weighted by Gasteiger charge is 2.20. The van der Waals surface area contributed by atoms with Crippen LogP contribution in [0.25, 0.3) is 0 Å². The topological polar surface area (TPSA) is 72.9 Å². The molecular formula is C14H20N6. The van der Waals surface area contributed by atoms with Crippen molar-refractivity contribution in [1.29, 1.82) is 0 Å². The Morgan fingerprint density at radius 3 is 3.15 bits per heavy atom. The molecule has 0 spiro atoms. The number of nitrogens with two attached hydrogens (primary N) is 1. The van der Waals surface area contributed by atoms with Crippen molar-refractivity contribution in [3.05, 3.63) is 36.3 Å². The van der Waals surface area contributed by atoms with E-state index in [1.807, 2.05) is 6.20 Å². The number of rotatable bonds is 4. The molecule has 0 fully saturated rings. The SMILES string of the molecule is CN(Cc1nccc(N)n1)C[C@H]1CCc2nccn2C1. The molecule has 1 atom stereocenters. The van der Waals surface area contributed by atoms with E-state index in [-0.39, 0.29) is 0 Å². The van der Waals surface area contributed by atoms with Crippen LogP contribution in [0.2, 0.25) is 0 Å². The average molecular weight is 272 g/mol. The van der Waals surface area contributed by atoms with Gasteiger partial charge in [0.1, 0.15) is 17.5 Å². The Bertz CT molecular complexity index is 579. The Kier molecular flexibility index (Phi) is 3.64. The molecule has 6 nitrogen and oxygen atoms in total. The monoisotopic (exact) mass is 272 g/mol. The molecular weight excluding hydrogens is 252 g/mol. The molecule has 0 radical (unpaired) electrons. The molecule has 3 heterocycles. The number of fused-ring (bicyclic) bond motifs is 1. The number of aryl methyl sites for hydroxylation is 1. The Hall–Kier alpha value is -1.95. The van der Waals surface area contributed by atoms with Crippen LogP contribution in [0.4, 0.5) is 5.82 Å². The van der Waals surface area contributed by atoms with E-state index in [4.69, 9.17) is 5.73 Å². The first-order chi connectivity index (χ1) is 9.70. The number of anilines is 1. The van der Waals surface area contributed by atoms with Crippen molar-refractivity contribution in [3.63, 3.8) is 0 Å². The highest BCUT2D eigenvalue weighted by atomic mass is 15.1. The van der Waals surface area contributed by atoms with Crippen LogP contribution < -0.4 is 5.73 Å². The van der Waals surface area contributed by atoms with Gasteiger partial charge in [-0.1, -0.05) is 0 Å². The lowest BCUT2D eigenvalue weighted by Gasteiger charge is -2.27. The molecule has 2 aromatic rings. The summed E-state index contributed by atoms with van der Waals surface area (Å²) in [4.78, 5) is 15.1. The van der Waals surface area contributed by atoms with Crippen LogP contribution in [-0.2, 0) is 19.5 Å². The van der Waals surface area contributed by atoms with E-state index in [9.17, 15) is 0 Å². The fraction of sp³-hybridized carbons (Fsp3) is 0.500. The summed E-state index contributed by atoms with van der Waals surface area (Å²) < 4.78 is 2.26. The number of hydrogen-bond donors (Lipinski definition) is 1. The molecule has 1 aliphatic heterocycles. The first-order valence-corrected chi connectivity index (χ1v) is 6.96. The Morgan fingerprint density at radius 1 is 1.40 bits per heavy atom. The van der Waals surface area contributed by atoms with Gasteiger partial charge < -0.3 is 10.3 Å². The van der Waals surface area contributed by atoms with Crippen molar-refractivity contribution in [2.24, 2.45) is 5.92 Å². The summed E-state index contributed by atoms with van der Waals surface area (Å²) in [7, 11) is 2.11. The van der Waals surface area contributed by atoms with Crippen LogP contribution in [0.15, 0.2) is 24.7 Å². The zero-order chi connectivity index (χ0) is 13.9. The van der Waals surface area contributed by atoms with Gasteiger partial charge in [0.05, 0.1) is 6.54 Å². The zero-order valence-electron chi connectivity index (χ0n) is 11.7. The number of nitrogens with zero attached hydrogens (tertiary/aromatic N) is 5. The Labute approximate surface area is 118 Å². The van der Waals surface area contributed by atoms with Gasteiger partial charge in [0.2, 0.25) is 0 Å². The van der Waals surface area contributed by atoms with Crippen molar-refractivity contribution in [2.75, 3.05) is 19.3 Å². The third-order valence-electron chi connectivity index (χ3n) is 3.74. The third-order valence-corrected chi connectivity index (χ3v) is 3.74. The molecule has 106 valence electrons. The van der Waals surface area contributed by atoms with E-state index in [1.54, 1.807) is 12.3 Å². The molecule has 0 saturated carbocycles. The molecule has 0 unspecified atom stereocenters. The first kappa shape index (κ1) is 13.1. The summed E-state index contributed by atoms with van der Waals surface area (Å²) >= 11 is 0. The van der Waals surface area contributed by atoms with Crippen LogP contribution in [0.1, 0.15) is 18.1 Å². The van der Waals surface area contributed by atoms with Crippen molar-refractivity contribution in [3.8, 4) is 0 Å². The maximum atomic E-state index is 5.68. The van der Waals surface area contributed by atoms with Crippen LogP contribution in [0.5, 0.6) is 0 Å². The van der Waals surface area contributed by atoms with Gasteiger partial charge in [-0.3, -0.25) is 4.90 Å². The standard InChI is InChI=1S/C14H20N6/c1-19(10-13-16-5-4-12(15)18-13)8-11-2-3-14-17-6-7-20(14)9-11/h4-7,11H,2-3,8-10H2,1H3,(H2,15,16,18)/t11-/m1/s1. The van der Waals surface area contributed by atoms with Gasteiger partial charge in [-0.15, -0.1) is 0 Å². The van der Waals surface area contributed by atoms with Gasteiger partial charge in [-0.05, 0) is 25.5 Å². The third kappa shape index (κ3) is 2.96. The smallest absolute Gasteiger partial charge is 0.144 e. The van der Waals surface area contributed by atoms with Gasteiger partial charge in [0.15, 0.2) is 0 Å². The normalized spacial score (nSPS) is 18.2. The highest BCUT2D eigenvalue weighted by Crippen LogP contribution is 2.19. The molecule has 0 aliphatic carbocycles. The van der Waals surface area contributed by atoms with Crippen molar-refractivity contribution in [1.82, 2.24) is 24.4 Å². The minimum absolute atomic E-state index is 0.532. The molecule has 0 bridgehead atoms. The summed E-state index contributed by atoms with van der Waals surface area (Å²) in [6.45, 7) is 2.82. The Morgan fingerprint density at radius 2 is 2.30 bits per heavy atom. The number of nitrogen functional groups attached to an aromatic ring is 1. The second kappa shape index (κ2) is 5.58. The lowest BCUT2D eigenvalue weighted by atomic mass is 9.99. The Balaban J connectivity index is 1.56. The van der Waals surface area contributed by atoms with E-state index < -0.39 is 0 Å². The van der Waals surface area contributed by atoms with Gasteiger partial charge in [0, 0.05) is 38.1 Å². The first-order valence-electron chi connectivity index (χ1n) is 6.96. The van der Waals surface area contributed by atoms with Crippen molar-refractivity contribution < 1.29 is 0 Å². The minimum Gasteiger partial charge on any atom is -0.384 e. The van der Waals surface area contributed by atoms with Crippen LogP contribution >= 0.6 is 0 Å². The quantitative estimate of drug-likeness (QED) is 0.897. The lowest BCUT2D eigenvalue weighted by molar-refractivity contribution is 0.225. The summed E-state index contributed by atoms with van der Waals surface area (Å²) in [5, 5.41) is 0. The average Bonchev–Trinajstić information content (AvgIpc) is 2.86. The zero-order valence-corrected chi connectivity index (χ0v) is 11.7. The van der Waals surface area contributed by atoms with Gasteiger partial charge in [-0.2, -0.15) is 0 Å². The van der Waals surface area contributed by atoms with E-state index >= 15 is 0 Å². The highest BCUT2D eigenvalue weighted by molar-refractivity contribution is 5.24. The second-order valence-corrected chi connectivity index (χ2v) is 5.50. The van der Waals surface area contributed by atoms with Crippen LogP contribution in [-0.4, -0.2) is 38.0 Å². The molecule has 3 rings (SSSR count). The van der Waals surface area contributed by atoms with E-state index in [2.05, 4.69) is 37.7 Å². The molecule has 1 aliphatic rings. The summed E-state index contributed by atoms with van der Waals surface area (Å²) in [5.74, 6) is 3.18. The number of imidazole rings is 1. The van der Waals surface area contributed by atoms with Crippen molar-refractivity contribution in [2.45, 2.75) is 25.9 Å². The number of hydrogen-bond acceptors (Lipinski definition) is 5.